The number of ether oxygens (including phenoxy) is 2. The number of aliphatic hydroxyl groups excluding tert-OH is 1. The Labute approximate surface area is 130 Å². The molecule has 0 aliphatic carbocycles. The molecular weight excluding hydrogens is 280 g/mol. The highest BCUT2D eigenvalue weighted by Gasteiger charge is 2.09. The van der Waals surface area contributed by atoms with Crippen LogP contribution in [-0.2, 0) is 0 Å². The van der Waals surface area contributed by atoms with Gasteiger partial charge in [0.15, 0.2) is 5.78 Å². The molecule has 2 aromatic carbocycles. The molecule has 22 heavy (non-hydrogen) atoms. The fourth-order valence-electron chi connectivity index (χ4n) is 1.92. The van der Waals surface area contributed by atoms with E-state index in [2.05, 4.69) is 0 Å². The van der Waals surface area contributed by atoms with Crippen LogP contribution in [0.1, 0.15) is 29.3 Å². The molecule has 2 rings (SSSR count). The van der Waals surface area contributed by atoms with E-state index in [-0.39, 0.29) is 12.4 Å². The van der Waals surface area contributed by atoms with Crippen LogP contribution in [0.4, 0.5) is 0 Å². The second-order valence-electron chi connectivity index (χ2n) is 4.96. The second kappa shape index (κ2) is 7.61. The van der Waals surface area contributed by atoms with E-state index in [0.29, 0.717) is 23.3 Å². The lowest BCUT2D eigenvalue weighted by molar-refractivity contribution is 0.103. The molecule has 1 atom stereocenters. The molecule has 0 radical (unpaired) electrons. The minimum absolute atomic E-state index is 0.0530. The number of hydrogen-bond acceptors (Lipinski definition) is 4. The SMILES string of the molecule is CCC(O)COc1ccc(C(=O)c2ccc(OC)cc2)cc1. The third-order valence-corrected chi connectivity index (χ3v) is 3.38. The van der Waals surface area contributed by atoms with E-state index < -0.39 is 6.10 Å². The van der Waals surface area contributed by atoms with Crippen LogP contribution in [0, 0.1) is 0 Å². The minimum Gasteiger partial charge on any atom is -0.497 e. The Balaban J connectivity index is 2.04. The standard InChI is InChI=1S/C18H20O4/c1-3-15(19)12-22-17-10-6-14(7-11-17)18(20)13-4-8-16(21-2)9-5-13/h4-11,15,19H,3,12H2,1-2H3. The minimum atomic E-state index is -0.472. The molecule has 0 bridgehead atoms. The maximum Gasteiger partial charge on any atom is 0.193 e. The van der Waals surface area contributed by atoms with Gasteiger partial charge in [-0.2, -0.15) is 0 Å². The molecule has 0 spiro atoms. The maximum absolute atomic E-state index is 12.3. The number of rotatable bonds is 7. The Morgan fingerprint density at radius 3 is 1.95 bits per heavy atom. The first-order chi connectivity index (χ1) is 10.6. The van der Waals surface area contributed by atoms with Gasteiger partial charge in [-0.25, -0.2) is 0 Å². The third kappa shape index (κ3) is 4.09. The molecule has 0 aliphatic heterocycles. The van der Waals surface area contributed by atoms with Crippen molar-refractivity contribution in [3.63, 3.8) is 0 Å². The number of carbonyl (C=O) groups excluding carboxylic acids is 1. The Bertz CT molecular complexity index is 602. The molecule has 0 saturated carbocycles. The van der Waals surface area contributed by atoms with Gasteiger partial charge in [0.1, 0.15) is 18.1 Å². The highest BCUT2D eigenvalue weighted by molar-refractivity contribution is 6.09. The van der Waals surface area contributed by atoms with Gasteiger partial charge in [-0.3, -0.25) is 4.79 Å². The number of carbonyl (C=O) groups is 1. The van der Waals surface area contributed by atoms with E-state index in [1.165, 1.54) is 0 Å². The molecule has 0 aliphatic rings. The average Bonchev–Trinajstić information content (AvgIpc) is 2.59. The first-order valence-corrected chi connectivity index (χ1v) is 7.23. The topological polar surface area (TPSA) is 55.8 Å². The number of ketones is 1. The predicted molar refractivity (Wildman–Crippen MR) is 84.7 cm³/mol. The van der Waals surface area contributed by atoms with Crippen molar-refractivity contribution in [1.82, 2.24) is 0 Å². The second-order valence-corrected chi connectivity index (χ2v) is 4.96. The Hall–Kier alpha value is -2.33. The molecule has 1 unspecified atom stereocenters. The van der Waals surface area contributed by atoms with E-state index in [4.69, 9.17) is 9.47 Å². The first kappa shape index (κ1) is 16.0. The first-order valence-electron chi connectivity index (χ1n) is 7.23. The molecule has 2 aromatic rings. The summed E-state index contributed by atoms with van der Waals surface area (Å²) >= 11 is 0. The molecule has 0 saturated heterocycles. The van der Waals surface area contributed by atoms with Crippen LogP contribution in [0.5, 0.6) is 11.5 Å². The van der Waals surface area contributed by atoms with Crippen molar-refractivity contribution >= 4 is 5.78 Å². The lowest BCUT2D eigenvalue weighted by atomic mass is 10.0. The molecular formula is C18H20O4. The Morgan fingerprint density at radius 2 is 1.50 bits per heavy atom. The third-order valence-electron chi connectivity index (χ3n) is 3.38. The van der Waals surface area contributed by atoms with Gasteiger partial charge in [-0.1, -0.05) is 6.92 Å². The molecule has 0 amide bonds. The summed E-state index contributed by atoms with van der Waals surface area (Å²) in [6, 6.07) is 13.9. The average molecular weight is 300 g/mol. The summed E-state index contributed by atoms with van der Waals surface area (Å²) in [5, 5.41) is 9.46. The zero-order chi connectivity index (χ0) is 15.9. The number of benzene rings is 2. The summed E-state index contributed by atoms with van der Waals surface area (Å²) in [5.74, 6) is 1.30. The fourth-order valence-corrected chi connectivity index (χ4v) is 1.92. The van der Waals surface area contributed by atoms with Gasteiger partial charge in [-0.15, -0.1) is 0 Å². The fraction of sp³-hybridized carbons (Fsp3) is 0.278. The van der Waals surface area contributed by atoms with Crippen LogP contribution in [0.15, 0.2) is 48.5 Å². The monoisotopic (exact) mass is 300 g/mol. The van der Waals surface area contributed by atoms with Crippen molar-refractivity contribution in [3.8, 4) is 11.5 Å². The summed E-state index contributed by atoms with van der Waals surface area (Å²) in [6.45, 7) is 2.15. The summed E-state index contributed by atoms with van der Waals surface area (Å²) in [4.78, 5) is 12.3. The van der Waals surface area contributed by atoms with Crippen LogP contribution in [0.25, 0.3) is 0 Å². The highest BCUT2D eigenvalue weighted by Crippen LogP contribution is 2.18. The smallest absolute Gasteiger partial charge is 0.193 e. The Kier molecular flexibility index (Phi) is 5.55. The van der Waals surface area contributed by atoms with E-state index in [1.54, 1.807) is 55.6 Å². The van der Waals surface area contributed by atoms with Crippen LogP contribution in [0.3, 0.4) is 0 Å². The summed E-state index contributed by atoms with van der Waals surface area (Å²) in [6.07, 6.45) is 0.175. The van der Waals surface area contributed by atoms with Crippen molar-refractivity contribution in [2.75, 3.05) is 13.7 Å². The van der Waals surface area contributed by atoms with Crippen molar-refractivity contribution in [3.05, 3.63) is 59.7 Å². The van der Waals surface area contributed by atoms with Crippen LogP contribution in [-0.4, -0.2) is 30.7 Å². The van der Waals surface area contributed by atoms with Crippen molar-refractivity contribution < 1.29 is 19.4 Å². The molecule has 116 valence electrons. The van der Waals surface area contributed by atoms with Gasteiger partial charge >= 0.3 is 0 Å². The van der Waals surface area contributed by atoms with E-state index >= 15 is 0 Å². The summed E-state index contributed by atoms with van der Waals surface area (Å²) < 4.78 is 10.5. The lowest BCUT2D eigenvalue weighted by Crippen LogP contribution is -2.16. The molecule has 0 heterocycles. The normalized spacial score (nSPS) is 11.8. The van der Waals surface area contributed by atoms with Crippen LogP contribution in [0.2, 0.25) is 0 Å². The van der Waals surface area contributed by atoms with Crippen LogP contribution >= 0.6 is 0 Å². The van der Waals surface area contributed by atoms with Crippen molar-refractivity contribution in [2.24, 2.45) is 0 Å². The zero-order valence-corrected chi connectivity index (χ0v) is 12.8. The molecule has 4 heteroatoms. The van der Waals surface area contributed by atoms with Crippen molar-refractivity contribution in [2.45, 2.75) is 19.4 Å². The predicted octanol–water partition coefficient (Wildman–Crippen LogP) is 3.08. The summed E-state index contributed by atoms with van der Waals surface area (Å²) in [5.41, 5.74) is 1.20. The van der Waals surface area contributed by atoms with E-state index in [9.17, 15) is 9.90 Å². The number of methoxy groups -OCH3 is 1. The van der Waals surface area contributed by atoms with Crippen LogP contribution < -0.4 is 9.47 Å². The van der Waals surface area contributed by atoms with Gasteiger partial charge in [0.25, 0.3) is 0 Å². The quantitative estimate of drug-likeness (QED) is 0.798. The number of aliphatic hydroxyl groups is 1. The van der Waals surface area contributed by atoms with Gasteiger partial charge in [-0.05, 0) is 55.0 Å². The zero-order valence-electron chi connectivity index (χ0n) is 12.8. The summed E-state index contributed by atoms with van der Waals surface area (Å²) in [7, 11) is 1.59. The van der Waals surface area contributed by atoms with Gasteiger partial charge in [0, 0.05) is 11.1 Å². The molecule has 4 nitrogen and oxygen atoms in total. The highest BCUT2D eigenvalue weighted by atomic mass is 16.5. The van der Waals surface area contributed by atoms with Gasteiger partial charge in [0.2, 0.25) is 0 Å². The maximum atomic E-state index is 12.3. The van der Waals surface area contributed by atoms with Gasteiger partial charge < -0.3 is 14.6 Å². The number of hydrogen-bond donors (Lipinski definition) is 1. The van der Waals surface area contributed by atoms with Crippen molar-refractivity contribution in [1.29, 1.82) is 0 Å². The molecule has 0 aromatic heterocycles. The van der Waals surface area contributed by atoms with Gasteiger partial charge in [0.05, 0.1) is 13.2 Å². The molecule has 1 N–H and O–H groups in total. The molecule has 0 fully saturated rings. The Morgan fingerprint density at radius 1 is 1.00 bits per heavy atom. The van der Waals surface area contributed by atoms with E-state index in [1.807, 2.05) is 6.92 Å². The lowest BCUT2D eigenvalue weighted by Gasteiger charge is -2.10. The largest absolute Gasteiger partial charge is 0.497 e. The van der Waals surface area contributed by atoms with E-state index in [0.717, 1.165) is 5.75 Å².